The molecule has 1 aromatic heterocycles. The fourth-order valence-electron chi connectivity index (χ4n) is 2.57. The predicted molar refractivity (Wildman–Crippen MR) is 87.3 cm³/mol. The van der Waals surface area contributed by atoms with Gasteiger partial charge in [0, 0.05) is 19.0 Å². The van der Waals surface area contributed by atoms with E-state index in [4.69, 9.17) is 9.63 Å². The SMILES string of the molecule is CC(NC(=O)N(CCO)C1CC1)c1nc(Cc2ccccc2)no1. The van der Waals surface area contributed by atoms with Gasteiger partial charge >= 0.3 is 6.03 Å². The lowest BCUT2D eigenvalue weighted by molar-refractivity contribution is 0.169. The van der Waals surface area contributed by atoms with Crippen molar-refractivity contribution >= 4 is 6.03 Å². The highest BCUT2D eigenvalue weighted by Gasteiger charge is 2.33. The highest BCUT2D eigenvalue weighted by Crippen LogP contribution is 2.27. The summed E-state index contributed by atoms with van der Waals surface area (Å²) < 4.78 is 5.27. The normalized spacial score (nSPS) is 15.1. The minimum Gasteiger partial charge on any atom is -0.395 e. The number of hydrogen-bond acceptors (Lipinski definition) is 5. The molecule has 1 fully saturated rings. The van der Waals surface area contributed by atoms with Crippen LogP contribution in [0.5, 0.6) is 0 Å². The van der Waals surface area contributed by atoms with E-state index in [1.165, 1.54) is 0 Å². The molecule has 0 bridgehead atoms. The van der Waals surface area contributed by atoms with Gasteiger partial charge in [0.05, 0.1) is 6.61 Å². The first-order valence-corrected chi connectivity index (χ1v) is 8.21. The van der Waals surface area contributed by atoms with Crippen molar-refractivity contribution in [3.63, 3.8) is 0 Å². The van der Waals surface area contributed by atoms with Crippen molar-refractivity contribution in [1.29, 1.82) is 0 Å². The molecule has 24 heavy (non-hydrogen) atoms. The topological polar surface area (TPSA) is 91.5 Å². The van der Waals surface area contributed by atoms with Gasteiger partial charge in [-0.05, 0) is 25.3 Å². The number of carbonyl (C=O) groups is 1. The first-order valence-electron chi connectivity index (χ1n) is 8.21. The standard InChI is InChI=1S/C17H22N4O3/c1-12(18-17(23)21(9-10-22)14-7-8-14)16-19-15(20-24-16)11-13-5-3-2-4-6-13/h2-6,12,14,22H,7-11H2,1H3,(H,18,23). The van der Waals surface area contributed by atoms with Crippen LogP contribution in [0.1, 0.15) is 43.1 Å². The average Bonchev–Trinajstić information content (AvgIpc) is 3.31. The van der Waals surface area contributed by atoms with Crippen molar-refractivity contribution < 1.29 is 14.4 Å². The zero-order valence-corrected chi connectivity index (χ0v) is 13.7. The Bertz CT molecular complexity index is 669. The first-order chi connectivity index (χ1) is 11.7. The van der Waals surface area contributed by atoms with Crippen LogP contribution in [-0.4, -0.2) is 45.4 Å². The van der Waals surface area contributed by atoms with E-state index in [0.29, 0.717) is 24.7 Å². The Morgan fingerprint density at radius 3 is 2.83 bits per heavy atom. The summed E-state index contributed by atoms with van der Waals surface area (Å²) in [6.45, 7) is 2.11. The van der Waals surface area contributed by atoms with E-state index in [0.717, 1.165) is 18.4 Å². The highest BCUT2D eigenvalue weighted by atomic mass is 16.5. The minimum atomic E-state index is -0.380. The van der Waals surface area contributed by atoms with Crippen LogP contribution in [0.3, 0.4) is 0 Å². The van der Waals surface area contributed by atoms with Crippen molar-refractivity contribution in [3.8, 4) is 0 Å². The molecule has 1 aromatic carbocycles. The van der Waals surface area contributed by atoms with Gasteiger partial charge in [0.2, 0.25) is 5.89 Å². The summed E-state index contributed by atoms with van der Waals surface area (Å²) in [5.41, 5.74) is 1.10. The average molecular weight is 330 g/mol. The molecule has 2 aromatic rings. The molecule has 2 amide bonds. The monoisotopic (exact) mass is 330 g/mol. The molecular formula is C17H22N4O3. The van der Waals surface area contributed by atoms with Crippen LogP contribution >= 0.6 is 0 Å². The Morgan fingerprint density at radius 1 is 1.42 bits per heavy atom. The van der Waals surface area contributed by atoms with Crippen LogP contribution in [0.4, 0.5) is 4.79 Å². The number of amides is 2. The Hall–Kier alpha value is -2.41. The Labute approximate surface area is 140 Å². The number of nitrogens with zero attached hydrogens (tertiary/aromatic N) is 3. The second-order valence-corrected chi connectivity index (χ2v) is 6.03. The maximum atomic E-state index is 12.3. The third-order valence-corrected chi connectivity index (χ3v) is 3.99. The number of aromatic nitrogens is 2. The molecule has 1 atom stereocenters. The van der Waals surface area contributed by atoms with Crippen molar-refractivity contribution in [2.75, 3.05) is 13.2 Å². The van der Waals surface area contributed by atoms with Crippen molar-refractivity contribution in [2.45, 2.75) is 38.3 Å². The molecule has 1 saturated carbocycles. The van der Waals surface area contributed by atoms with Crippen molar-refractivity contribution in [3.05, 3.63) is 47.6 Å². The van der Waals surface area contributed by atoms with E-state index in [2.05, 4.69) is 15.5 Å². The number of benzene rings is 1. The quantitative estimate of drug-likeness (QED) is 0.809. The highest BCUT2D eigenvalue weighted by molar-refractivity contribution is 5.75. The van der Waals surface area contributed by atoms with Gasteiger partial charge in [-0.3, -0.25) is 0 Å². The molecule has 0 saturated heterocycles. The number of aliphatic hydroxyl groups excluding tert-OH is 1. The summed E-state index contributed by atoms with van der Waals surface area (Å²) in [6.07, 6.45) is 2.57. The fourth-order valence-corrected chi connectivity index (χ4v) is 2.57. The van der Waals surface area contributed by atoms with Crippen LogP contribution in [0.2, 0.25) is 0 Å². The van der Waals surface area contributed by atoms with E-state index in [9.17, 15) is 4.79 Å². The molecule has 1 heterocycles. The summed E-state index contributed by atoms with van der Waals surface area (Å²) in [7, 11) is 0. The number of carbonyl (C=O) groups excluding carboxylic acids is 1. The van der Waals surface area contributed by atoms with Gasteiger partial charge in [0.1, 0.15) is 6.04 Å². The molecule has 1 aliphatic carbocycles. The molecule has 2 N–H and O–H groups in total. The smallest absolute Gasteiger partial charge is 0.318 e. The number of aliphatic hydroxyl groups is 1. The molecule has 0 radical (unpaired) electrons. The van der Waals surface area contributed by atoms with Crippen LogP contribution in [0.25, 0.3) is 0 Å². The van der Waals surface area contributed by atoms with Gasteiger partial charge in [0.25, 0.3) is 0 Å². The minimum absolute atomic E-state index is 0.0416. The van der Waals surface area contributed by atoms with Crippen LogP contribution in [0, 0.1) is 0 Å². The van der Waals surface area contributed by atoms with Crippen molar-refractivity contribution in [1.82, 2.24) is 20.4 Å². The van der Waals surface area contributed by atoms with E-state index in [1.54, 1.807) is 4.90 Å². The van der Waals surface area contributed by atoms with E-state index in [-0.39, 0.29) is 24.7 Å². The molecule has 0 spiro atoms. The number of nitrogens with one attached hydrogen (secondary N) is 1. The van der Waals surface area contributed by atoms with Gasteiger partial charge in [0.15, 0.2) is 5.82 Å². The predicted octanol–water partition coefficient (Wildman–Crippen LogP) is 1.89. The maximum absolute atomic E-state index is 12.3. The maximum Gasteiger partial charge on any atom is 0.318 e. The fraction of sp³-hybridized carbons (Fsp3) is 0.471. The van der Waals surface area contributed by atoms with Crippen LogP contribution < -0.4 is 5.32 Å². The van der Waals surface area contributed by atoms with E-state index >= 15 is 0 Å². The molecule has 3 rings (SSSR count). The summed E-state index contributed by atoms with van der Waals surface area (Å²) in [5, 5.41) is 15.9. The molecular weight excluding hydrogens is 308 g/mol. The van der Waals surface area contributed by atoms with Crippen LogP contribution in [0.15, 0.2) is 34.9 Å². The Morgan fingerprint density at radius 2 is 2.17 bits per heavy atom. The number of urea groups is 1. The molecule has 7 heteroatoms. The van der Waals surface area contributed by atoms with Crippen LogP contribution in [-0.2, 0) is 6.42 Å². The number of rotatable bonds is 7. The molecule has 128 valence electrons. The lowest BCUT2D eigenvalue weighted by atomic mass is 10.1. The number of hydrogen-bond donors (Lipinski definition) is 2. The summed E-state index contributed by atoms with van der Waals surface area (Å²) in [4.78, 5) is 18.3. The second kappa shape index (κ2) is 7.44. The van der Waals surface area contributed by atoms with E-state index in [1.807, 2.05) is 37.3 Å². The van der Waals surface area contributed by atoms with E-state index < -0.39 is 0 Å². The van der Waals surface area contributed by atoms with Gasteiger partial charge in [-0.15, -0.1) is 0 Å². The molecule has 1 unspecified atom stereocenters. The van der Waals surface area contributed by atoms with Gasteiger partial charge < -0.3 is 19.8 Å². The zero-order valence-electron chi connectivity index (χ0n) is 13.7. The van der Waals surface area contributed by atoms with Crippen molar-refractivity contribution in [2.24, 2.45) is 0 Å². The summed E-state index contributed by atoms with van der Waals surface area (Å²) >= 11 is 0. The van der Waals surface area contributed by atoms with Gasteiger partial charge in [-0.1, -0.05) is 35.5 Å². The third kappa shape index (κ3) is 4.11. The largest absolute Gasteiger partial charge is 0.395 e. The van der Waals surface area contributed by atoms with Gasteiger partial charge in [-0.2, -0.15) is 4.98 Å². The lowest BCUT2D eigenvalue weighted by Gasteiger charge is -2.23. The molecule has 1 aliphatic rings. The third-order valence-electron chi connectivity index (χ3n) is 3.99. The Kier molecular flexibility index (Phi) is 5.10. The Balaban J connectivity index is 1.59. The molecule has 7 nitrogen and oxygen atoms in total. The lowest BCUT2D eigenvalue weighted by Crippen LogP contribution is -2.43. The summed E-state index contributed by atoms with van der Waals surface area (Å²) in [5.74, 6) is 0.973. The zero-order chi connectivity index (χ0) is 16.9. The summed E-state index contributed by atoms with van der Waals surface area (Å²) in [6, 6.07) is 9.55. The molecule has 0 aliphatic heterocycles. The van der Waals surface area contributed by atoms with Gasteiger partial charge in [-0.25, -0.2) is 4.79 Å². The second-order valence-electron chi connectivity index (χ2n) is 6.03. The first kappa shape index (κ1) is 16.4.